The summed E-state index contributed by atoms with van der Waals surface area (Å²) in [4.78, 5) is 24.2. The summed E-state index contributed by atoms with van der Waals surface area (Å²) in [7, 11) is 0. The average Bonchev–Trinajstić information content (AvgIpc) is 3.05. The first-order chi connectivity index (χ1) is 13.2. The quantitative estimate of drug-likeness (QED) is 0.574. The van der Waals surface area contributed by atoms with E-state index in [1.807, 2.05) is 54.6 Å². The van der Waals surface area contributed by atoms with Crippen LogP contribution < -0.4 is 10.6 Å². The molecule has 0 saturated heterocycles. The Balaban J connectivity index is 1.35. The topological polar surface area (TPSA) is 58.2 Å². The molecule has 4 heteroatoms. The smallest absolute Gasteiger partial charge is 0.243 e. The maximum absolute atomic E-state index is 12.2. The fourth-order valence-electron chi connectivity index (χ4n) is 3.43. The molecule has 0 radical (unpaired) electrons. The number of carbonyl (C=O) groups excluding carboxylic acids is 2. The van der Waals surface area contributed by atoms with Gasteiger partial charge in [-0.15, -0.1) is 0 Å². The van der Waals surface area contributed by atoms with E-state index >= 15 is 0 Å². The zero-order valence-corrected chi connectivity index (χ0v) is 14.9. The number of hydrogen-bond donors (Lipinski definition) is 2. The predicted molar refractivity (Wildman–Crippen MR) is 106 cm³/mol. The Morgan fingerprint density at radius 3 is 2.37 bits per heavy atom. The third-order valence-corrected chi connectivity index (χ3v) is 4.74. The highest BCUT2D eigenvalue weighted by Gasteiger charge is 2.18. The molecule has 3 aromatic carbocycles. The van der Waals surface area contributed by atoms with Gasteiger partial charge in [0.2, 0.25) is 11.8 Å². The SMILES string of the molecule is O=C(Cc1ccccc1)NCC(=O)Nc1ccc2c(c1)-c1ccccc1C2. The molecule has 0 atom stereocenters. The highest BCUT2D eigenvalue weighted by atomic mass is 16.2. The fraction of sp³-hybridized carbons (Fsp3) is 0.130. The Morgan fingerprint density at radius 1 is 0.778 bits per heavy atom. The molecule has 0 bridgehead atoms. The summed E-state index contributed by atoms with van der Waals surface area (Å²) in [5.74, 6) is -0.401. The number of rotatable bonds is 5. The first-order valence-corrected chi connectivity index (χ1v) is 9.01. The monoisotopic (exact) mass is 356 g/mol. The number of carbonyl (C=O) groups is 2. The molecule has 0 spiro atoms. The van der Waals surface area contributed by atoms with Crippen molar-refractivity contribution in [1.29, 1.82) is 0 Å². The molecule has 2 amide bonds. The fourth-order valence-corrected chi connectivity index (χ4v) is 3.43. The molecule has 4 rings (SSSR count). The second-order valence-electron chi connectivity index (χ2n) is 6.69. The molecule has 0 heterocycles. The Labute approximate surface area is 158 Å². The van der Waals surface area contributed by atoms with Crippen LogP contribution in [0.25, 0.3) is 11.1 Å². The van der Waals surface area contributed by atoms with Crippen LogP contribution in [0.1, 0.15) is 16.7 Å². The van der Waals surface area contributed by atoms with Crippen molar-refractivity contribution in [2.45, 2.75) is 12.8 Å². The minimum absolute atomic E-state index is 0.0423. The molecular formula is C23H20N2O2. The van der Waals surface area contributed by atoms with Crippen molar-refractivity contribution in [1.82, 2.24) is 5.32 Å². The average molecular weight is 356 g/mol. The van der Waals surface area contributed by atoms with E-state index in [4.69, 9.17) is 0 Å². The molecule has 4 nitrogen and oxygen atoms in total. The Kier molecular flexibility index (Phi) is 4.71. The Bertz CT molecular complexity index is 996. The lowest BCUT2D eigenvalue weighted by atomic mass is 10.1. The Morgan fingerprint density at radius 2 is 1.52 bits per heavy atom. The van der Waals surface area contributed by atoms with E-state index in [-0.39, 0.29) is 24.8 Å². The van der Waals surface area contributed by atoms with Crippen LogP contribution in [-0.4, -0.2) is 18.4 Å². The summed E-state index contributed by atoms with van der Waals surface area (Å²) < 4.78 is 0. The number of hydrogen-bond acceptors (Lipinski definition) is 2. The number of amides is 2. The van der Waals surface area contributed by atoms with Crippen molar-refractivity contribution in [2.75, 3.05) is 11.9 Å². The summed E-state index contributed by atoms with van der Waals surface area (Å²) in [6.07, 6.45) is 1.19. The number of anilines is 1. The van der Waals surface area contributed by atoms with Crippen LogP contribution in [0.15, 0.2) is 72.8 Å². The van der Waals surface area contributed by atoms with Crippen LogP contribution in [0.5, 0.6) is 0 Å². The molecule has 1 aliphatic rings. The molecule has 27 heavy (non-hydrogen) atoms. The lowest BCUT2D eigenvalue weighted by molar-refractivity contribution is -0.123. The second-order valence-corrected chi connectivity index (χ2v) is 6.69. The van der Waals surface area contributed by atoms with Gasteiger partial charge < -0.3 is 10.6 Å². The molecule has 2 N–H and O–H groups in total. The van der Waals surface area contributed by atoms with Gasteiger partial charge in [0.1, 0.15) is 0 Å². The summed E-state index contributed by atoms with van der Waals surface area (Å²) >= 11 is 0. The summed E-state index contributed by atoms with van der Waals surface area (Å²) in [6.45, 7) is -0.0423. The van der Waals surface area contributed by atoms with E-state index in [1.54, 1.807) is 0 Å². The van der Waals surface area contributed by atoms with Crippen LogP contribution >= 0.6 is 0 Å². The molecular weight excluding hydrogens is 336 g/mol. The molecule has 0 aliphatic heterocycles. The van der Waals surface area contributed by atoms with E-state index < -0.39 is 0 Å². The highest BCUT2D eigenvalue weighted by Crippen LogP contribution is 2.37. The van der Waals surface area contributed by atoms with Crippen molar-refractivity contribution in [3.63, 3.8) is 0 Å². The maximum atomic E-state index is 12.2. The van der Waals surface area contributed by atoms with Crippen molar-refractivity contribution >= 4 is 17.5 Å². The van der Waals surface area contributed by atoms with E-state index in [0.717, 1.165) is 23.2 Å². The summed E-state index contributed by atoms with van der Waals surface area (Å²) in [5, 5.41) is 5.54. The summed E-state index contributed by atoms with van der Waals surface area (Å²) in [6, 6.07) is 23.8. The first-order valence-electron chi connectivity index (χ1n) is 9.01. The van der Waals surface area contributed by atoms with E-state index in [2.05, 4.69) is 28.8 Å². The summed E-state index contributed by atoms with van der Waals surface area (Å²) in [5.41, 5.74) is 6.63. The predicted octanol–water partition coefficient (Wildman–Crippen LogP) is 3.56. The second kappa shape index (κ2) is 7.46. The van der Waals surface area contributed by atoms with Gasteiger partial charge in [0.25, 0.3) is 0 Å². The molecule has 0 unspecified atom stereocenters. The van der Waals surface area contributed by atoms with Gasteiger partial charge in [-0.25, -0.2) is 0 Å². The molecule has 3 aromatic rings. The number of benzene rings is 3. The highest BCUT2D eigenvalue weighted by molar-refractivity contribution is 5.95. The number of nitrogens with one attached hydrogen (secondary N) is 2. The van der Waals surface area contributed by atoms with Gasteiger partial charge >= 0.3 is 0 Å². The first kappa shape index (κ1) is 17.0. The van der Waals surface area contributed by atoms with Crippen molar-refractivity contribution in [2.24, 2.45) is 0 Å². The van der Waals surface area contributed by atoms with Gasteiger partial charge in [-0.1, -0.05) is 60.7 Å². The maximum Gasteiger partial charge on any atom is 0.243 e. The van der Waals surface area contributed by atoms with E-state index in [0.29, 0.717) is 0 Å². The van der Waals surface area contributed by atoms with Gasteiger partial charge in [-0.05, 0) is 46.4 Å². The normalized spacial score (nSPS) is 11.4. The van der Waals surface area contributed by atoms with Crippen molar-refractivity contribution < 1.29 is 9.59 Å². The van der Waals surface area contributed by atoms with E-state index in [1.165, 1.54) is 16.7 Å². The van der Waals surface area contributed by atoms with Crippen LogP contribution in [0.3, 0.4) is 0 Å². The number of fused-ring (bicyclic) bond motifs is 3. The van der Waals surface area contributed by atoms with Gasteiger partial charge in [-0.2, -0.15) is 0 Å². The van der Waals surface area contributed by atoms with E-state index in [9.17, 15) is 9.59 Å². The minimum Gasteiger partial charge on any atom is -0.347 e. The molecule has 134 valence electrons. The lowest BCUT2D eigenvalue weighted by Gasteiger charge is -2.09. The van der Waals surface area contributed by atoms with Gasteiger partial charge in [0, 0.05) is 5.69 Å². The standard InChI is InChI=1S/C23H20N2O2/c26-22(12-16-6-2-1-3-7-16)24-15-23(27)25-19-11-10-18-13-17-8-4-5-9-20(17)21(18)14-19/h1-11,14H,12-13,15H2,(H,24,26)(H,25,27). The van der Waals surface area contributed by atoms with Crippen LogP contribution in [0, 0.1) is 0 Å². The minimum atomic E-state index is -0.234. The molecule has 0 fully saturated rings. The molecule has 0 aromatic heterocycles. The lowest BCUT2D eigenvalue weighted by Crippen LogP contribution is -2.33. The Hall–Kier alpha value is -3.40. The molecule has 0 saturated carbocycles. The largest absolute Gasteiger partial charge is 0.347 e. The van der Waals surface area contributed by atoms with Gasteiger partial charge in [0.05, 0.1) is 13.0 Å². The van der Waals surface area contributed by atoms with Gasteiger partial charge in [0.15, 0.2) is 0 Å². The van der Waals surface area contributed by atoms with Crippen LogP contribution in [0.4, 0.5) is 5.69 Å². The third kappa shape index (κ3) is 3.90. The zero-order valence-electron chi connectivity index (χ0n) is 14.9. The van der Waals surface area contributed by atoms with Crippen LogP contribution in [-0.2, 0) is 22.4 Å². The third-order valence-electron chi connectivity index (χ3n) is 4.74. The van der Waals surface area contributed by atoms with Crippen molar-refractivity contribution in [3.05, 3.63) is 89.5 Å². The van der Waals surface area contributed by atoms with Crippen molar-refractivity contribution in [3.8, 4) is 11.1 Å². The van der Waals surface area contributed by atoms with Crippen LogP contribution in [0.2, 0.25) is 0 Å². The van der Waals surface area contributed by atoms with Gasteiger partial charge in [-0.3, -0.25) is 9.59 Å². The molecule has 1 aliphatic carbocycles. The zero-order chi connectivity index (χ0) is 18.6.